The Labute approximate surface area is 127 Å². The molecule has 0 bridgehead atoms. The standard InChI is InChI=1S/C14H18ClFN2O3/c1-3-9(2)18(8-14(20)21)7-13(19)17-12-5-4-10(16)6-11(12)15/h4-6,9H,3,7-8H2,1-2H3,(H,17,19)(H,20,21). The number of anilines is 1. The number of halogens is 2. The molecular weight excluding hydrogens is 299 g/mol. The number of nitrogens with zero attached hydrogens (tertiary/aromatic N) is 1. The van der Waals surface area contributed by atoms with Crippen LogP contribution >= 0.6 is 11.6 Å². The fraction of sp³-hybridized carbons (Fsp3) is 0.429. The molecule has 0 heterocycles. The van der Waals surface area contributed by atoms with E-state index in [0.717, 1.165) is 12.5 Å². The molecule has 1 unspecified atom stereocenters. The van der Waals surface area contributed by atoms with Gasteiger partial charge in [0, 0.05) is 6.04 Å². The highest BCUT2D eigenvalue weighted by Gasteiger charge is 2.19. The van der Waals surface area contributed by atoms with E-state index in [1.165, 1.54) is 12.1 Å². The number of hydrogen-bond acceptors (Lipinski definition) is 3. The van der Waals surface area contributed by atoms with Crippen molar-refractivity contribution in [3.05, 3.63) is 29.0 Å². The van der Waals surface area contributed by atoms with E-state index in [2.05, 4.69) is 5.32 Å². The van der Waals surface area contributed by atoms with Crippen molar-refractivity contribution in [1.29, 1.82) is 0 Å². The van der Waals surface area contributed by atoms with Gasteiger partial charge in [-0.3, -0.25) is 14.5 Å². The minimum atomic E-state index is -0.997. The molecule has 0 radical (unpaired) electrons. The first kappa shape index (κ1) is 17.4. The molecule has 1 rings (SSSR count). The van der Waals surface area contributed by atoms with Crippen molar-refractivity contribution in [3.8, 4) is 0 Å². The summed E-state index contributed by atoms with van der Waals surface area (Å²) in [6.45, 7) is 3.46. The van der Waals surface area contributed by atoms with Crippen molar-refractivity contribution in [1.82, 2.24) is 4.90 Å². The third-order valence-corrected chi connectivity index (χ3v) is 3.42. The molecule has 0 aliphatic carbocycles. The first-order valence-electron chi connectivity index (χ1n) is 6.54. The largest absolute Gasteiger partial charge is 0.480 e. The number of carboxylic acids is 1. The zero-order chi connectivity index (χ0) is 16.0. The number of carbonyl (C=O) groups is 2. The van der Waals surface area contributed by atoms with Crippen molar-refractivity contribution < 1.29 is 19.1 Å². The van der Waals surface area contributed by atoms with E-state index in [9.17, 15) is 14.0 Å². The van der Waals surface area contributed by atoms with Gasteiger partial charge in [-0.05, 0) is 31.5 Å². The Hall–Kier alpha value is -1.66. The Morgan fingerprint density at radius 3 is 2.62 bits per heavy atom. The molecule has 0 aromatic heterocycles. The van der Waals surface area contributed by atoms with Crippen LogP contribution in [0.3, 0.4) is 0 Å². The molecule has 0 saturated carbocycles. The van der Waals surface area contributed by atoms with Crippen molar-refractivity contribution >= 4 is 29.2 Å². The summed E-state index contributed by atoms with van der Waals surface area (Å²) >= 11 is 5.82. The smallest absolute Gasteiger partial charge is 0.317 e. The molecular formula is C14H18ClFN2O3. The summed E-state index contributed by atoms with van der Waals surface area (Å²) in [6.07, 6.45) is 0.720. The molecule has 116 valence electrons. The Bertz CT molecular complexity index is 525. The average molecular weight is 317 g/mol. The summed E-state index contributed by atoms with van der Waals surface area (Å²) in [7, 11) is 0. The molecule has 0 saturated heterocycles. The summed E-state index contributed by atoms with van der Waals surface area (Å²) in [4.78, 5) is 24.3. The van der Waals surface area contributed by atoms with Gasteiger partial charge in [-0.2, -0.15) is 0 Å². The van der Waals surface area contributed by atoms with E-state index >= 15 is 0 Å². The molecule has 0 fully saturated rings. The number of benzene rings is 1. The number of aliphatic carboxylic acids is 1. The van der Waals surface area contributed by atoms with Crippen LogP contribution in [0.2, 0.25) is 5.02 Å². The molecule has 1 aromatic carbocycles. The minimum Gasteiger partial charge on any atom is -0.480 e. The van der Waals surface area contributed by atoms with Crippen molar-refractivity contribution in [2.75, 3.05) is 18.4 Å². The third kappa shape index (κ3) is 5.69. The number of carboxylic acid groups (broad SMARTS) is 1. The molecule has 21 heavy (non-hydrogen) atoms. The second-order valence-electron chi connectivity index (χ2n) is 4.73. The highest BCUT2D eigenvalue weighted by Crippen LogP contribution is 2.22. The van der Waals surface area contributed by atoms with E-state index < -0.39 is 17.7 Å². The minimum absolute atomic E-state index is 0.0458. The van der Waals surface area contributed by atoms with Gasteiger partial charge in [-0.1, -0.05) is 18.5 Å². The Morgan fingerprint density at radius 1 is 1.43 bits per heavy atom. The van der Waals surface area contributed by atoms with Gasteiger partial charge in [-0.15, -0.1) is 0 Å². The summed E-state index contributed by atoms with van der Waals surface area (Å²) in [5.74, 6) is -1.89. The molecule has 0 spiro atoms. The van der Waals surface area contributed by atoms with E-state index in [1.54, 1.807) is 4.90 Å². The molecule has 0 aliphatic heterocycles. The first-order chi connectivity index (χ1) is 9.83. The van der Waals surface area contributed by atoms with Crippen LogP contribution < -0.4 is 5.32 Å². The van der Waals surface area contributed by atoms with Crippen LogP contribution in [0.1, 0.15) is 20.3 Å². The van der Waals surface area contributed by atoms with Gasteiger partial charge in [0.2, 0.25) is 5.91 Å². The molecule has 5 nitrogen and oxygen atoms in total. The lowest BCUT2D eigenvalue weighted by atomic mass is 10.2. The summed E-state index contributed by atoms with van der Waals surface area (Å²) in [5, 5.41) is 11.5. The zero-order valence-electron chi connectivity index (χ0n) is 11.9. The maximum Gasteiger partial charge on any atom is 0.317 e. The predicted molar refractivity (Wildman–Crippen MR) is 79.0 cm³/mol. The Morgan fingerprint density at radius 2 is 2.10 bits per heavy atom. The average Bonchev–Trinajstić information content (AvgIpc) is 2.39. The van der Waals surface area contributed by atoms with Gasteiger partial charge in [0.05, 0.1) is 23.8 Å². The fourth-order valence-corrected chi connectivity index (χ4v) is 1.98. The van der Waals surface area contributed by atoms with Gasteiger partial charge in [0.1, 0.15) is 5.82 Å². The summed E-state index contributed by atoms with van der Waals surface area (Å²) in [5.41, 5.74) is 0.294. The van der Waals surface area contributed by atoms with Crippen LogP contribution in [-0.4, -0.2) is 41.0 Å². The first-order valence-corrected chi connectivity index (χ1v) is 6.92. The van der Waals surface area contributed by atoms with Gasteiger partial charge < -0.3 is 10.4 Å². The van der Waals surface area contributed by atoms with E-state index in [-0.39, 0.29) is 24.2 Å². The number of hydrogen-bond donors (Lipinski definition) is 2. The van der Waals surface area contributed by atoms with Crippen molar-refractivity contribution in [3.63, 3.8) is 0 Å². The lowest BCUT2D eigenvalue weighted by Gasteiger charge is -2.25. The third-order valence-electron chi connectivity index (χ3n) is 3.10. The van der Waals surface area contributed by atoms with E-state index in [0.29, 0.717) is 5.69 Å². The molecule has 7 heteroatoms. The molecule has 2 N–H and O–H groups in total. The topological polar surface area (TPSA) is 69.6 Å². The normalized spacial score (nSPS) is 12.2. The molecule has 1 amide bonds. The van der Waals surface area contributed by atoms with Gasteiger partial charge in [-0.25, -0.2) is 4.39 Å². The van der Waals surface area contributed by atoms with Crippen LogP contribution in [0.15, 0.2) is 18.2 Å². The van der Waals surface area contributed by atoms with Crippen molar-refractivity contribution in [2.45, 2.75) is 26.3 Å². The lowest BCUT2D eigenvalue weighted by molar-refractivity contribution is -0.139. The molecule has 1 atom stereocenters. The maximum absolute atomic E-state index is 12.9. The van der Waals surface area contributed by atoms with Gasteiger partial charge in [0.15, 0.2) is 0 Å². The lowest BCUT2D eigenvalue weighted by Crippen LogP contribution is -2.42. The molecule has 1 aromatic rings. The van der Waals surface area contributed by atoms with Crippen LogP contribution in [-0.2, 0) is 9.59 Å². The predicted octanol–water partition coefficient (Wildman–Crippen LogP) is 2.60. The van der Waals surface area contributed by atoms with Crippen LogP contribution in [0.5, 0.6) is 0 Å². The zero-order valence-corrected chi connectivity index (χ0v) is 12.7. The Balaban J connectivity index is 2.71. The highest BCUT2D eigenvalue weighted by atomic mass is 35.5. The number of amides is 1. The quantitative estimate of drug-likeness (QED) is 0.811. The molecule has 0 aliphatic rings. The highest BCUT2D eigenvalue weighted by molar-refractivity contribution is 6.33. The second-order valence-corrected chi connectivity index (χ2v) is 5.14. The van der Waals surface area contributed by atoms with Crippen LogP contribution in [0, 0.1) is 5.82 Å². The SMILES string of the molecule is CCC(C)N(CC(=O)O)CC(=O)Nc1ccc(F)cc1Cl. The fourth-order valence-electron chi connectivity index (χ4n) is 1.76. The summed E-state index contributed by atoms with van der Waals surface area (Å²) < 4.78 is 12.9. The number of rotatable bonds is 7. The number of carbonyl (C=O) groups excluding carboxylic acids is 1. The van der Waals surface area contributed by atoms with E-state index in [1.807, 2.05) is 13.8 Å². The van der Waals surface area contributed by atoms with E-state index in [4.69, 9.17) is 16.7 Å². The van der Waals surface area contributed by atoms with Crippen LogP contribution in [0.4, 0.5) is 10.1 Å². The Kier molecular flexibility index (Phi) is 6.58. The van der Waals surface area contributed by atoms with Crippen LogP contribution in [0.25, 0.3) is 0 Å². The van der Waals surface area contributed by atoms with Gasteiger partial charge >= 0.3 is 5.97 Å². The second kappa shape index (κ2) is 7.95. The van der Waals surface area contributed by atoms with Crippen molar-refractivity contribution in [2.24, 2.45) is 0 Å². The van der Waals surface area contributed by atoms with Gasteiger partial charge in [0.25, 0.3) is 0 Å². The summed E-state index contributed by atoms with van der Waals surface area (Å²) in [6, 6.07) is 3.60. The number of nitrogens with one attached hydrogen (secondary N) is 1. The maximum atomic E-state index is 12.9. The monoisotopic (exact) mass is 316 g/mol.